The van der Waals surface area contributed by atoms with Gasteiger partial charge < -0.3 is 4.74 Å². The van der Waals surface area contributed by atoms with Crippen molar-refractivity contribution in [3.63, 3.8) is 0 Å². The molecule has 20 heavy (non-hydrogen) atoms. The normalized spacial score (nSPS) is 17.1. The molecule has 2 nitrogen and oxygen atoms in total. The van der Waals surface area contributed by atoms with Gasteiger partial charge in [0.1, 0.15) is 5.60 Å². The van der Waals surface area contributed by atoms with Crippen LogP contribution in [-0.4, -0.2) is 11.6 Å². The van der Waals surface area contributed by atoms with Gasteiger partial charge in [0.25, 0.3) is 0 Å². The molecular weight excluding hydrogens is 248 g/mol. The van der Waals surface area contributed by atoms with Crippen LogP contribution in [0.3, 0.4) is 0 Å². The summed E-state index contributed by atoms with van der Waals surface area (Å²) in [5.74, 6) is 0.00168. The summed E-state index contributed by atoms with van der Waals surface area (Å²) in [6.45, 7) is 2.13. The van der Waals surface area contributed by atoms with Crippen LogP contribution in [0.4, 0.5) is 0 Å². The summed E-state index contributed by atoms with van der Waals surface area (Å²) in [4.78, 5) is 12.0. The molecule has 0 amide bonds. The lowest BCUT2D eigenvalue weighted by Crippen LogP contribution is -2.31. The third-order valence-corrected chi connectivity index (χ3v) is 4.43. The van der Waals surface area contributed by atoms with Gasteiger partial charge in [0.15, 0.2) is 0 Å². The van der Waals surface area contributed by atoms with Crippen LogP contribution in [0.25, 0.3) is 0 Å². The van der Waals surface area contributed by atoms with Gasteiger partial charge in [0, 0.05) is 6.42 Å². The van der Waals surface area contributed by atoms with Crippen molar-refractivity contribution in [1.82, 2.24) is 0 Å². The van der Waals surface area contributed by atoms with Crippen LogP contribution >= 0.6 is 0 Å². The van der Waals surface area contributed by atoms with E-state index in [2.05, 4.69) is 31.2 Å². The van der Waals surface area contributed by atoms with Crippen LogP contribution in [0.5, 0.6) is 0 Å². The number of hydrogen-bond acceptors (Lipinski definition) is 2. The topological polar surface area (TPSA) is 26.3 Å². The monoisotopic (exact) mass is 274 g/mol. The van der Waals surface area contributed by atoms with E-state index in [0.29, 0.717) is 6.42 Å². The van der Waals surface area contributed by atoms with E-state index >= 15 is 0 Å². The molecule has 110 valence electrons. The molecule has 0 unspecified atom stereocenters. The number of benzene rings is 1. The summed E-state index contributed by atoms with van der Waals surface area (Å²) in [5.41, 5.74) is 1.22. The smallest absolute Gasteiger partial charge is 0.306 e. The number of esters is 1. The molecule has 1 aliphatic carbocycles. The Balaban J connectivity index is 1.65. The Kier molecular flexibility index (Phi) is 5.63. The Morgan fingerprint density at radius 2 is 1.85 bits per heavy atom. The number of unbranched alkanes of at least 4 members (excludes halogenated alkanes) is 1. The van der Waals surface area contributed by atoms with Crippen LogP contribution in [0, 0.1) is 0 Å². The van der Waals surface area contributed by atoms with Crippen molar-refractivity contribution in [1.29, 1.82) is 0 Å². The number of carbonyl (C=O) groups excluding carboxylic acids is 1. The summed E-state index contributed by atoms with van der Waals surface area (Å²) in [7, 11) is 0. The fourth-order valence-corrected chi connectivity index (χ4v) is 3.08. The highest BCUT2D eigenvalue weighted by Gasteiger charge is 2.35. The highest BCUT2D eigenvalue weighted by atomic mass is 16.6. The van der Waals surface area contributed by atoms with E-state index in [9.17, 15) is 4.79 Å². The number of rotatable bonds is 7. The molecule has 0 aliphatic heterocycles. The molecule has 1 saturated carbocycles. The van der Waals surface area contributed by atoms with Gasteiger partial charge >= 0.3 is 5.97 Å². The minimum absolute atomic E-state index is 0.00168. The van der Waals surface area contributed by atoms with Crippen molar-refractivity contribution < 1.29 is 9.53 Å². The first kappa shape index (κ1) is 15.1. The zero-order valence-corrected chi connectivity index (χ0v) is 12.6. The van der Waals surface area contributed by atoms with Crippen LogP contribution in [0.1, 0.15) is 63.9 Å². The Hall–Kier alpha value is -1.31. The largest absolute Gasteiger partial charge is 0.459 e. The summed E-state index contributed by atoms with van der Waals surface area (Å²) < 4.78 is 5.76. The number of aryl methyl sites for hydroxylation is 1. The lowest BCUT2D eigenvalue weighted by molar-refractivity contribution is -0.159. The Morgan fingerprint density at radius 3 is 2.50 bits per heavy atom. The molecule has 1 aromatic carbocycles. The Bertz CT molecular complexity index is 405. The van der Waals surface area contributed by atoms with E-state index in [1.54, 1.807) is 0 Å². The summed E-state index contributed by atoms with van der Waals surface area (Å²) in [6, 6.07) is 10.4. The second-order valence-corrected chi connectivity index (χ2v) is 5.91. The van der Waals surface area contributed by atoms with Crippen molar-refractivity contribution in [3.8, 4) is 0 Å². The molecule has 0 aromatic heterocycles. The van der Waals surface area contributed by atoms with Gasteiger partial charge in [-0.1, -0.05) is 37.3 Å². The quantitative estimate of drug-likeness (QED) is 0.533. The van der Waals surface area contributed by atoms with Crippen LogP contribution in [0.15, 0.2) is 30.3 Å². The molecule has 2 heteroatoms. The van der Waals surface area contributed by atoms with E-state index < -0.39 is 0 Å². The second-order valence-electron chi connectivity index (χ2n) is 5.91. The Morgan fingerprint density at radius 1 is 1.15 bits per heavy atom. The standard InChI is InChI=1S/C18H26O2/c1-2-18(14-8-9-15-18)20-17(19)13-7-6-12-16-10-4-3-5-11-16/h3-5,10-11H,2,6-9,12-15H2,1H3. The second kappa shape index (κ2) is 7.47. The molecular formula is C18H26O2. The molecule has 0 heterocycles. The minimum Gasteiger partial charge on any atom is -0.459 e. The molecule has 0 radical (unpaired) electrons. The first-order valence-corrected chi connectivity index (χ1v) is 8.00. The van der Waals surface area contributed by atoms with E-state index in [1.165, 1.54) is 18.4 Å². The summed E-state index contributed by atoms with van der Waals surface area (Å²) in [6.07, 6.45) is 9.07. The Labute approximate surface area is 122 Å². The van der Waals surface area contributed by atoms with Gasteiger partial charge in [-0.3, -0.25) is 4.79 Å². The van der Waals surface area contributed by atoms with Crippen LogP contribution in [0.2, 0.25) is 0 Å². The van der Waals surface area contributed by atoms with E-state index in [0.717, 1.165) is 38.5 Å². The van der Waals surface area contributed by atoms with Gasteiger partial charge in [0.05, 0.1) is 0 Å². The average molecular weight is 274 g/mol. The molecule has 0 saturated heterocycles. The van der Waals surface area contributed by atoms with Crippen LogP contribution in [-0.2, 0) is 16.0 Å². The SMILES string of the molecule is CCC1(OC(=O)CCCCc2ccccc2)CCCC1. The third kappa shape index (κ3) is 4.36. The van der Waals surface area contributed by atoms with Gasteiger partial charge in [-0.2, -0.15) is 0 Å². The molecule has 0 spiro atoms. The fourth-order valence-electron chi connectivity index (χ4n) is 3.08. The van der Waals surface area contributed by atoms with Gasteiger partial charge in [-0.05, 0) is 56.9 Å². The van der Waals surface area contributed by atoms with E-state index in [4.69, 9.17) is 4.74 Å². The zero-order chi connectivity index (χ0) is 14.3. The molecule has 1 fully saturated rings. The zero-order valence-electron chi connectivity index (χ0n) is 12.6. The van der Waals surface area contributed by atoms with Gasteiger partial charge in [-0.15, -0.1) is 0 Å². The van der Waals surface area contributed by atoms with Crippen molar-refractivity contribution in [3.05, 3.63) is 35.9 Å². The van der Waals surface area contributed by atoms with Gasteiger partial charge in [-0.25, -0.2) is 0 Å². The molecule has 0 atom stereocenters. The maximum atomic E-state index is 12.0. The van der Waals surface area contributed by atoms with Gasteiger partial charge in [0.2, 0.25) is 0 Å². The maximum Gasteiger partial charge on any atom is 0.306 e. The maximum absolute atomic E-state index is 12.0. The van der Waals surface area contributed by atoms with Crippen molar-refractivity contribution in [2.75, 3.05) is 0 Å². The fraction of sp³-hybridized carbons (Fsp3) is 0.611. The molecule has 0 bridgehead atoms. The molecule has 1 aliphatic rings. The van der Waals surface area contributed by atoms with E-state index in [1.807, 2.05) is 6.07 Å². The first-order chi connectivity index (χ1) is 9.74. The average Bonchev–Trinajstić information content (AvgIpc) is 2.94. The third-order valence-electron chi connectivity index (χ3n) is 4.43. The molecule has 1 aromatic rings. The van der Waals surface area contributed by atoms with Crippen molar-refractivity contribution >= 4 is 5.97 Å². The predicted molar refractivity (Wildman–Crippen MR) is 81.6 cm³/mol. The highest BCUT2D eigenvalue weighted by molar-refractivity contribution is 5.69. The highest BCUT2D eigenvalue weighted by Crippen LogP contribution is 2.36. The van der Waals surface area contributed by atoms with Crippen molar-refractivity contribution in [2.45, 2.75) is 70.3 Å². The lowest BCUT2D eigenvalue weighted by Gasteiger charge is -2.27. The van der Waals surface area contributed by atoms with Crippen LogP contribution < -0.4 is 0 Å². The molecule has 0 N–H and O–H groups in total. The minimum atomic E-state index is -0.128. The first-order valence-electron chi connectivity index (χ1n) is 8.00. The van der Waals surface area contributed by atoms with Crippen molar-refractivity contribution in [2.24, 2.45) is 0 Å². The van der Waals surface area contributed by atoms with E-state index in [-0.39, 0.29) is 11.6 Å². The summed E-state index contributed by atoms with van der Waals surface area (Å²) in [5, 5.41) is 0. The molecule has 2 rings (SSSR count). The lowest BCUT2D eigenvalue weighted by atomic mass is 9.99. The predicted octanol–water partition coefficient (Wildman–Crippen LogP) is 4.67. The summed E-state index contributed by atoms with van der Waals surface area (Å²) >= 11 is 0. The number of hydrogen-bond donors (Lipinski definition) is 0. The number of ether oxygens (including phenoxy) is 1. The number of carbonyl (C=O) groups is 1.